The molecule has 7 heteroatoms. The van der Waals surface area contributed by atoms with Gasteiger partial charge in [-0.2, -0.15) is 0 Å². The molecule has 0 spiro atoms. The Morgan fingerprint density at radius 1 is 1.12 bits per heavy atom. The van der Waals surface area contributed by atoms with Gasteiger partial charge < -0.3 is 18.9 Å². The van der Waals surface area contributed by atoms with E-state index in [2.05, 4.69) is 27.6 Å². The van der Waals surface area contributed by atoms with Crippen molar-refractivity contribution < 1.29 is 18.9 Å². The van der Waals surface area contributed by atoms with Crippen LogP contribution in [0.1, 0.15) is 11.1 Å². The van der Waals surface area contributed by atoms with Crippen molar-refractivity contribution in [3.63, 3.8) is 0 Å². The summed E-state index contributed by atoms with van der Waals surface area (Å²) in [6.45, 7) is 1.97. The van der Waals surface area contributed by atoms with Crippen LogP contribution in [0.2, 0.25) is 0 Å². The van der Waals surface area contributed by atoms with Crippen molar-refractivity contribution in [2.45, 2.75) is 13.2 Å². The third-order valence-corrected chi connectivity index (χ3v) is 5.21. The lowest BCUT2D eigenvalue weighted by Gasteiger charge is -2.21. The molecule has 0 saturated carbocycles. The molecule has 0 saturated heterocycles. The molecule has 2 rings (SSSR count). The van der Waals surface area contributed by atoms with Crippen molar-refractivity contribution >= 4 is 46.5 Å². The summed E-state index contributed by atoms with van der Waals surface area (Å²) in [4.78, 5) is 4.36. The van der Waals surface area contributed by atoms with E-state index in [0.29, 0.717) is 22.3 Å². The van der Waals surface area contributed by atoms with Crippen LogP contribution in [0.5, 0.6) is 17.2 Å². The molecular formula is C17H19ClINO4. The molecule has 0 N–H and O–H groups in total. The van der Waals surface area contributed by atoms with Crippen LogP contribution >= 0.6 is 34.2 Å². The molecule has 1 aliphatic heterocycles. The van der Waals surface area contributed by atoms with E-state index >= 15 is 0 Å². The van der Waals surface area contributed by atoms with Crippen molar-refractivity contribution in [1.29, 1.82) is 0 Å². The standard InChI is InChI=1S/C17H19ClINO4/c1-9-6-13(21-2)16(23-4)15(22-3)10(9)7-11-14(18)12(19)8-20-17(11)24-5/h6-8,17H,1-5H3. The van der Waals surface area contributed by atoms with Crippen molar-refractivity contribution in [1.82, 2.24) is 0 Å². The van der Waals surface area contributed by atoms with Crippen molar-refractivity contribution in [3.8, 4) is 17.2 Å². The third-order valence-electron chi connectivity index (χ3n) is 3.65. The number of allylic oxidation sites excluding steroid dienone is 1. The largest absolute Gasteiger partial charge is 0.493 e. The molecule has 1 heterocycles. The van der Waals surface area contributed by atoms with Crippen LogP contribution in [-0.4, -0.2) is 40.9 Å². The lowest BCUT2D eigenvalue weighted by Crippen LogP contribution is -2.16. The molecule has 5 nitrogen and oxygen atoms in total. The Hall–Kier alpha value is -1.25. The summed E-state index contributed by atoms with van der Waals surface area (Å²) < 4.78 is 22.7. The van der Waals surface area contributed by atoms with Crippen LogP contribution in [0.3, 0.4) is 0 Å². The summed E-state index contributed by atoms with van der Waals surface area (Å²) in [5, 5.41) is 0.605. The second-order valence-corrected chi connectivity index (χ2v) is 6.54. The third kappa shape index (κ3) is 3.55. The summed E-state index contributed by atoms with van der Waals surface area (Å²) >= 11 is 8.62. The van der Waals surface area contributed by atoms with E-state index in [1.54, 1.807) is 34.7 Å². The number of hydrogen-bond donors (Lipinski definition) is 0. The van der Waals surface area contributed by atoms with Crippen LogP contribution in [0.4, 0.5) is 0 Å². The Kier molecular flexibility index (Phi) is 6.54. The second kappa shape index (κ2) is 8.22. The molecule has 1 aliphatic rings. The first-order chi connectivity index (χ1) is 11.5. The highest BCUT2D eigenvalue weighted by molar-refractivity contribution is 14.1. The Labute approximate surface area is 160 Å². The van der Waals surface area contributed by atoms with Gasteiger partial charge in [-0.1, -0.05) is 11.6 Å². The maximum Gasteiger partial charge on any atom is 0.203 e. The Morgan fingerprint density at radius 2 is 1.79 bits per heavy atom. The fourth-order valence-electron chi connectivity index (χ4n) is 2.47. The van der Waals surface area contributed by atoms with Gasteiger partial charge >= 0.3 is 0 Å². The minimum Gasteiger partial charge on any atom is -0.493 e. The fourth-order valence-corrected chi connectivity index (χ4v) is 3.14. The monoisotopic (exact) mass is 463 g/mol. The number of aryl methyl sites for hydroxylation is 1. The van der Waals surface area contributed by atoms with Crippen LogP contribution in [-0.2, 0) is 4.74 Å². The molecule has 0 aromatic heterocycles. The summed E-state index contributed by atoms with van der Waals surface area (Å²) in [6.07, 6.45) is 3.16. The lowest BCUT2D eigenvalue weighted by molar-refractivity contribution is 0.142. The normalized spacial score (nSPS) is 19.0. The summed E-state index contributed by atoms with van der Waals surface area (Å²) in [7, 11) is 6.35. The van der Waals surface area contributed by atoms with E-state index in [-0.39, 0.29) is 0 Å². The van der Waals surface area contributed by atoms with Gasteiger partial charge in [0, 0.05) is 24.5 Å². The first-order valence-electron chi connectivity index (χ1n) is 7.11. The number of methoxy groups -OCH3 is 4. The number of hydrogen-bond acceptors (Lipinski definition) is 5. The zero-order valence-corrected chi connectivity index (χ0v) is 17.1. The molecule has 1 atom stereocenters. The molecule has 1 aromatic rings. The van der Waals surface area contributed by atoms with Gasteiger partial charge in [-0.15, -0.1) is 0 Å². The van der Waals surface area contributed by atoms with Crippen LogP contribution in [0.15, 0.2) is 25.2 Å². The zero-order valence-electron chi connectivity index (χ0n) is 14.1. The van der Waals surface area contributed by atoms with Crippen LogP contribution in [0.25, 0.3) is 6.08 Å². The van der Waals surface area contributed by atoms with Crippen LogP contribution < -0.4 is 14.2 Å². The Morgan fingerprint density at radius 3 is 2.33 bits per heavy atom. The number of aliphatic imine (C=N–C) groups is 1. The number of nitrogens with zero attached hydrogens (tertiary/aromatic N) is 1. The molecule has 0 radical (unpaired) electrons. The number of halogens is 2. The maximum atomic E-state index is 6.47. The predicted octanol–water partition coefficient (Wildman–Crippen LogP) is 4.35. The molecular weight excluding hydrogens is 445 g/mol. The van der Waals surface area contributed by atoms with Gasteiger partial charge in [0.05, 0.1) is 29.9 Å². The second-order valence-electron chi connectivity index (χ2n) is 5.00. The van der Waals surface area contributed by atoms with Gasteiger partial charge in [0.15, 0.2) is 17.7 Å². The molecule has 130 valence electrons. The van der Waals surface area contributed by atoms with Gasteiger partial charge in [-0.25, -0.2) is 0 Å². The lowest BCUT2D eigenvalue weighted by atomic mass is 10.0. The first-order valence-corrected chi connectivity index (χ1v) is 8.56. The summed E-state index contributed by atoms with van der Waals surface area (Å²) in [5.74, 6) is 1.71. The van der Waals surface area contributed by atoms with E-state index in [0.717, 1.165) is 20.3 Å². The maximum absolute atomic E-state index is 6.47. The first kappa shape index (κ1) is 19.1. The number of rotatable bonds is 5. The minimum atomic E-state index is -0.465. The number of ether oxygens (including phenoxy) is 4. The topological polar surface area (TPSA) is 49.3 Å². The Balaban J connectivity index is 2.70. The van der Waals surface area contributed by atoms with Crippen molar-refractivity contribution in [2.75, 3.05) is 28.4 Å². The molecule has 0 amide bonds. The molecule has 1 aromatic carbocycles. The van der Waals surface area contributed by atoms with Gasteiger partial charge in [0.1, 0.15) is 0 Å². The number of benzene rings is 1. The van der Waals surface area contributed by atoms with E-state index in [1.807, 2.05) is 19.1 Å². The van der Waals surface area contributed by atoms with E-state index in [9.17, 15) is 0 Å². The highest BCUT2D eigenvalue weighted by Gasteiger charge is 2.24. The van der Waals surface area contributed by atoms with Crippen LogP contribution in [0, 0.1) is 6.92 Å². The smallest absolute Gasteiger partial charge is 0.203 e. The van der Waals surface area contributed by atoms with E-state index in [1.165, 1.54) is 0 Å². The van der Waals surface area contributed by atoms with E-state index < -0.39 is 6.23 Å². The highest BCUT2D eigenvalue weighted by Crippen LogP contribution is 2.44. The predicted molar refractivity (Wildman–Crippen MR) is 105 cm³/mol. The quantitative estimate of drug-likeness (QED) is 0.609. The van der Waals surface area contributed by atoms with Crippen molar-refractivity contribution in [2.24, 2.45) is 4.99 Å². The number of dihydropyridines is 1. The molecule has 0 fully saturated rings. The van der Waals surface area contributed by atoms with Gasteiger partial charge in [0.2, 0.25) is 5.75 Å². The SMILES string of the molecule is COc1cc(C)c(C=C2C(Cl)=C(I)C=NC2OC)c(OC)c1OC. The van der Waals surface area contributed by atoms with Gasteiger partial charge in [-0.3, -0.25) is 4.99 Å². The highest BCUT2D eigenvalue weighted by atomic mass is 127. The van der Waals surface area contributed by atoms with Gasteiger partial charge in [-0.05, 0) is 47.2 Å². The summed E-state index contributed by atoms with van der Waals surface area (Å²) in [6, 6.07) is 1.89. The molecule has 24 heavy (non-hydrogen) atoms. The van der Waals surface area contributed by atoms with Crippen molar-refractivity contribution in [3.05, 3.63) is 31.4 Å². The van der Waals surface area contributed by atoms with Gasteiger partial charge in [0.25, 0.3) is 0 Å². The summed E-state index contributed by atoms with van der Waals surface area (Å²) in [5.41, 5.74) is 2.56. The molecule has 0 aliphatic carbocycles. The zero-order chi connectivity index (χ0) is 17.9. The average Bonchev–Trinajstić information content (AvgIpc) is 2.59. The fraction of sp³-hybridized carbons (Fsp3) is 0.353. The molecule has 0 bridgehead atoms. The van der Waals surface area contributed by atoms with E-state index in [4.69, 9.17) is 30.5 Å². The minimum absolute atomic E-state index is 0.465. The molecule has 1 unspecified atom stereocenters. The average molecular weight is 464 g/mol. The Bertz CT molecular complexity index is 728.